The van der Waals surface area contributed by atoms with E-state index in [1.165, 1.54) is 19.3 Å². The highest BCUT2D eigenvalue weighted by atomic mass is 16.6. The Bertz CT molecular complexity index is 349. The summed E-state index contributed by atoms with van der Waals surface area (Å²) in [5.74, 6) is -0.302. The molecule has 1 aliphatic heterocycles. The second kappa shape index (κ2) is 6.00. The predicted molar refractivity (Wildman–Crippen MR) is 64.7 cm³/mol. The highest BCUT2D eigenvalue weighted by Gasteiger charge is 2.32. The van der Waals surface area contributed by atoms with E-state index in [4.69, 9.17) is 9.84 Å². The molecule has 2 atom stereocenters. The Labute approximate surface area is 106 Å². The van der Waals surface area contributed by atoms with E-state index >= 15 is 0 Å². The number of aliphatic carboxylic acids is 1. The van der Waals surface area contributed by atoms with E-state index in [9.17, 15) is 9.59 Å². The lowest BCUT2D eigenvalue weighted by atomic mass is 9.72. The fourth-order valence-corrected chi connectivity index (χ4v) is 2.65. The third-order valence-corrected chi connectivity index (χ3v) is 3.84. The number of carboxylic acids is 1. The number of ether oxygens (including phenoxy) is 1. The molecule has 0 aromatic rings. The summed E-state index contributed by atoms with van der Waals surface area (Å²) in [6, 6.07) is 0. The van der Waals surface area contributed by atoms with Gasteiger partial charge in [-0.3, -0.25) is 5.32 Å². The van der Waals surface area contributed by atoms with E-state index in [0.29, 0.717) is 5.92 Å². The number of esters is 1. The van der Waals surface area contributed by atoms with Crippen LogP contribution in [0.5, 0.6) is 0 Å². The molecule has 0 amide bonds. The van der Waals surface area contributed by atoms with Crippen molar-refractivity contribution in [2.45, 2.75) is 38.3 Å². The molecular weight excluding hydrogens is 234 g/mol. The Hall–Kier alpha value is -1.36. The van der Waals surface area contributed by atoms with Crippen molar-refractivity contribution in [1.29, 1.82) is 0 Å². The minimum atomic E-state index is -1.14. The number of hydrogen-bond donors (Lipinski definition) is 2. The van der Waals surface area contributed by atoms with E-state index in [1.54, 1.807) is 0 Å². The lowest BCUT2D eigenvalue weighted by Crippen LogP contribution is -2.43. The second-order valence-corrected chi connectivity index (χ2v) is 5.03. The molecule has 100 valence electrons. The van der Waals surface area contributed by atoms with Gasteiger partial charge < -0.3 is 9.84 Å². The largest absolute Gasteiger partial charge is 0.478 e. The molecule has 1 unspecified atom stereocenters. The fourth-order valence-electron chi connectivity index (χ4n) is 2.65. The first-order chi connectivity index (χ1) is 8.65. The molecule has 2 fully saturated rings. The zero-order valence-corrected chi connectivity index (χ0v) is 10.3. The van der Waals surface area contributed by atoms with Crippen LogP contribution in [-0.4, -0.2) is 29.8 Å². The SMILES string of the molecule is O=C(O)/C=C\C(=O)O[C@H]1CC(C2CCC2)CCN1. The normalized spacial score (nSPS) is 28.9. The van der Waals surface area contributed by atoms with Gasteiger partial charge in [0.05, 0.1) is 0 Å². The summed E-state index contributed by atoms with van der Waals surface area (Å²) >= 11 is 0. The fraction of sp³-hybridized carbons (Fsp3) is 0.692. The van der Waals surface area contributed by atoms with Gasteiger partial charge in [-0.25, -0.2) is 9.59 Å². The number of hydrogen-bond acceptors (Lipinski definition) is 4. The number of carboxylic acid groups (broad SMARTS) is 1. The number of rotatable bonds is 4. The van der Waals surface area contributed by atoms with Crippen LogP contribution in [0.4, 0.5) is 0 Å². The van der Waals surface area contributed by atoms with Gasteiger partial charge in [-0.2, -0.15) is 0 Å². The van der Waals surface area contributed by atoms with Crippen molar-refractivity contribution < 1.29 is 19.4 Å². The van der Waals surface area contributed by atoms with E-state index in [0.717, 1.165) is 37.5 Å². The molecule has 0 aromatic carbocycles. The Balaban J connectivity index is 1.78. The lowest BCUT2D eigenvalue weighted by Gasteiger charge is -2.39. The van der Waals surface area contributed by atoms with Crippen LogP contribution in [0.15, 0.2) is 12.2 Å². The molecule has 1 saturated heterocycles. The molecule has 0 bridgehead atoms. The highest BCUT2D eigenvalue weighted by molar-refractivity contribution is 5.90. The van der Waals surface area contributed by atoms with Gasteiger partial charge in [0.1, 0.15) is 0 Å². The van der Waals surface area contributed by atoms with Crippen molar-refractivity contribution in [3.8, 4) is 0 Å². The van der Waals surface area contributed by atoms with Crippen LogP contribution >= 0.6 is 0 Å². The van der Waals surface area contributed by atoms with Crippen LogP contribution in [0, 0.1) is 11.8 Å². The predicted octanol–water partition coefficient (Wildman–Crippen LogP) is 1.30. The number of nitrogens with one attached hydrogen (secondary N) is 1. The third kappa shape index (κ3) is 3.57. The number of carbonyl (C=O) groups is 2. The maximum atomic E-state index is 11.4. The van der Waals surface area contributed by atoms with Gasteiger partial charge in [-0.1, -0.05) is 19.3 Å². The number of piperidine rings is 1. The summed E-state index contributed by atoms with van der Waals surface area (Å²) in [7, 11) is 0. The molecule has 18 heavy (non-hydrogen) atoms. The van der Waals surface area contributed by atoms with E-state index in [1.807, 2.05) is 0 Å². The van der Waals surface area contributed by atoms with Crippen LogP contribution in [0.1, 0.15) is 32.1 Å². The molecule has 1 aliphatic carbocycles. The monoisotopic (exact) mass is 253 g/mol. The smallest absolute Gasteiger partial charge is 0.332 e. The second-order valence-electron chi connectivity index (χ2n) is 5.03. The lowest BCUT2D eigenvalue weighted by molar-refractivity contribution is -0.147. The van der Waals surface area contributed by atoms with Crippen molar-refractivity contribution in [1.82, 2.24) is 5.32 Å². The summed E-state index contributed by atoms with van der Waals surface area (Å²) in [5.41, 5.74) is 0. The summed E-state index contributed by atoms with van der Waals surface area (Å²) < 4.78 is 5.19. The van der Waals surface area contributed by atoms with Crippen molar-refractivity contribution in [2.24, 2.45) is 11.8 Å². The Kier molecular flexibility index (Phi) is 4.36. The maximum Gasteiger partial charge on any atom is 0.332 e. The summed E-state index contributed by atoms with van der Waals surface area (Å²) in [4.78, 5) is 21.6. The Morgan fingerprint density at radius 2 is 1.94 bits per heavy atom. The number of carbonyl (C=O) groups excluding carboxylic acids is 1. The third-order valence-electron chi connectivity index (χ3n) is 3.84. The van der Waals surface area contributed by atoms with Gasteiger partial charge >= 0.3 is 11.9 Å². The molecule has 0 radical (unpaired) electrons. The van der Waals surface area contributed by atoms with Gasteiger partial charge in [0, 0.05) is 18.6 Å². The van der Waals surface area contributed by atoms with Crippen LogP contribution in [-0.2, 0) is 14.3 Å². The topological polar surface area (TPSA) is 75.6 Å². The van der Waals surface area contributed by atoms with Crippen molar-refractivity contribution in [3.63, 3.8) is 0 Å². The maximum absolute atomic E-state index is 11.4. The van der Waals surface area contributed by atoms with E-state index < -0.39 is 11.9 Å². The van der Waals surface area contributed by atoms with Crippen LogP contribution in [0.2, 0.25) is 0 Å². The van der Waals surface area contributed by atoms with Crippen molar-refractivity contribution in [3.05, 3.63) is 12.2 Å². The molecule has 1 saturated carbocycles. The molecule has 5 nitrogen and oxygen atoms in total. The van der Waals surface area contributed by atoms with Gasteiger partial charge in [-0.15, -0.1) is 0 Å². The van der Waals surface area contributed by atoms with Gasteiger partial charge in [0.25, 0.3) is 0 Å². The first-order valence-corrected chi connectivity index (χ1v) is 6.50. The molecule has 2 aliphatic rings. The molecule has 2 N–H and O–H groups in total. The first-order valence-electron chi connectivity index (χ1n) is 6.50. The molecular formula is C13H19NO4. The quantitative estimate of drug-likeness (QED) is 0.583. The molecule has 0 aromatic heterocycles. The average Bonchev–Trinajstić information content (AvgIpc) is 2.24. The summed E-state index contributed by atoms with van der Waals surface area (Å²) in [6.07, 6.45) is 7.39. The minimum Gasteiger partial charge on any atom is -0.478 e. The standard InChI is InChI=1S/C13H19NO4/c15-12(16)4-5-13(17)18-11-8-10(6-7-14-11)9-2-1-3-9/h4-5,9-11,14H,1-3,6-8H2,(H,15,16)/b5-4-/t10?,11-/m0/s1. The Morgan fingerprint density at radius 1 is 1.17 bits per heavy atom. The zero-order valence-electron chi connectivity index (χ0n) is 10.3. The molecule has 5 heteroatoms. The summed E-state index contributed by atoms with van der Waals surface area (Å²) in [5, 5.41) is 11.6. The average molecular weight is 253 g/mol. The van der Waals surface area contributed by atoms with E-state index in [-0.39, 0.29) is 6.23 Å². The highest BCUT2D eigenvalue weighted by Crippen LogP contribution is 2.38. The molecule has 0 spiro atoms. The molecule has 2 rings (SSSR count). The zero-order chi connectivity index (χ0) is 13.0. The van der Waals surface area contributed by atoms with Gasteiger partial charge in [-0.05, 0) is 24.8 Å². The van der Waals surface area contributed by atoms with Crippen molar-refractivity contribution >= 4 is 11.9 Å². The Morgan fingerprint density at radius 3 is 2.56 bits per heavy atom. The van der Waals surface area contributed by atoms with Crippen LogP contribution in [0.25, 0.3) is 0 Å². The minimum absolute atomic E-state index is 0.268. The van der Waals surface area contributed by atoms with E-state index in [2.05, 4.69) is 5.32 Å². The van der Waals surface area contributed by atoms with Crippen molar-refractivity contribution in [2.75, 3.05) is 6.54 Å². The van der Waals surface area contributed by atoms with Crippen LogP contribution < -0.4 is 5.32 Å². The van der Waals surface area contributed by atoms with Gasteiger partial charge in [0.15, 0.2) is 6.23 Å². The van der Waals surface area contributed by atoms with Crippen LogP contribution in [0.3, 0.4) is 0 Å². The summed E-state index contributed by atoms with van der Waals surface area (Å²) in [6.45, 7) is 0.863. The first kappa shape index (κ1) is 13.1. The molecule has 1 heterocycles. The van der Waals surface area contributed by atoms with Gasteiger partial charge in [0.2, 0.25) is 0 Å².